The number of furan rings is 1. The van der Waals surface area contributed by atoms with Crippen LogP contribution in [0.3, 0.4) is 0 Å². The molecule has 4 aromatic rings. The largest absolute Gasteiger partial charge is 0.577 e. The van der Waals surface area contributed by atoms with E-state index in [1.54, 1.807) is 55.5 Å². The number of aromatic nitrogens is 2. The maximum absolute atomic E-state index is 14.1. The third kappa shape index (κ3) is 5.32. The van der Waals surface area contributed by atoms with E-state index in [-0.39, 0.29) is 27.6 Å². The fraction of sp³-hybridized carbons (Fsp3) is 0.379. The van der Waals surface area contributed by atoms with Crippen molar-refractivity contribution in [2.45, 2.75) is 41.5 Å². The predicted octanol–water partition coefficient (Wildman–Crippen LogP) is 6.72. The number of phosphoric acid groups is 1. The molecule has 1 unspecified atom stereocenters. The highest BCUT2D eigenvalue weighted by Gasteiger charge is 2.41. The first-order valence-corrected chi connectivity index (χ1v) is 14.7. The van der Waals surface area contributed by atoms with Gasteiger partial charge in [0.05, 0.1) is 12.7 Å². The van der Waals surface area contributed by atoms with Crippen molar-refractivity contribution in [1.82, 2.24) is 9.55 Å². The topological polar surface area (TPSA) is 102 Å². The molecule has 1 atom stereocenters. The quantitative estimate of drug-likeness (QED) is 0.0800. The third-order valence-electron chi connectivity index (χ3n) is 7.49. The number of imidazole rings is 1. The van der Waals surface area contributed by atoms with Crippen LogP contribution in [0, 0.1) is 20.8 Å². The molecule has 2 heterocycles. The summed E-state index contributed by atoms with van der Waals surface area (Å²) >= 11 is 0. The number of aryl methyl sites for hydroxylation is 2. The summed E-state index contributed by atoms with van der Waals surface area (Å²) in [7, 11) is -1.24. The minimum Gasteiger partial charge on any atom is -0.496 e. The molecule has 0 radical (unpaired) electrons. The lowest BCUT2D eigenvalue weighted by atomic mass is 9.97. The van der Waals surface area contributed by atoms with Gasteiger partial charge in [0.25, 0.3) is 0 Å². The average Bonchev–Trinajstić information content (AvgIpc) is 3.63. The fourth-order valence-corrected chi connectivity index (χ4v) is 6.08. The number of ketones is 1. The Morgan fingerprint density at radius 2 is 1.75 bits per heavy atom. The monoisotopic (exact) mass is 570 g/mol. The van der Waals surface area contributed by atoms with Gasteiger partial charge in [-0.3, -0.25) is 13.9 Å². The molecule has 0 spiro atoms. The average molecular weight is 571 g/mol. The van der Waals surface area contributed by atoms with Gasteiger partial charge in [-0.1, -0.05) is 10.7 Å². The lowest BCUT2D eigenvalue weighted by Crippen LogP contribution is -2.46. The van der Waals surface area contributed by atoms with E-state index < -0.39 is 7.82 Å². The number of benzene rings is 2. The number of hydroxylamine groups is 3. The number of nitrogens with zero attached hydrogens (tertiary/aromatic N) is 3. The van der Waals surface area contributed by atoms with Crippen LogP contribution in [0.15, 0.2) is 47.4 Å². The predicted molar refractivity (Wildman–Crippen MR) is 152 cm³/mol. The Hall–Kier alpha value is -3.43. The first kappa shape index (κ1) is 29.6. The van der Waals surface area contributed by atoms with Crippen molar-refractivity contribution in [2.75, 3.05) is 33.9 Å². The second kappa shape index (κ2) is 11.6. The second-order valence-corrected chi connectivity index (χ2v) is 11.2. The normalized spacial score (nSPS) is 13.4. The molecular weight excluding hydrogens is 533 g/mol. The summed E-state index contributed by atoms with van der Waals surface area (Å²) in [5.41, 5.74) is 3.49. The molecule has 0 aliphatic carbocycles. The van der Waals surface area contributed by atoms with E-state index in [4.69, 9.17) is 22.8 Å². The molecule has 11 heteroatoms. The SMILES string of the molecule is CC[N+](CC)(CC)OP(=O)(OC)Oc1c(C)ccc2c(C(=O)c3cc(C)c(C)c(OC)c3)c(-n3ccnc3)oc12. The first-order valence-electron chi connectivity index (χ1n) is 13.2. The fourth-order valence-electron chi connectivity index (χ4n) is 4.69. The summed E-state index contributed by atoms with van der Waals surface area (Å²) in [6.45, 7) is 13.2. The molecule has 0 N–H and O–H groups in total. The van der Waals surface area contributed by atoms with Crippen LogP contribution in [-0.4, -0.2) is 53.8 Å². The summed E-state index contributed by atoms with van der Waals surface area (Å²) in [4.78, 5) is 18.2. The molecule has 0 saturated heterocycles. The van der Waals surface area contributed by atoms with Crippen LogP contribution >= 0.6 is 7.82 Å². The van der Waals surface area contributed by atoms with E-state index in [1.165, 1.54) is 7.11 Å². The lowest BCUT2D eigenvalue weighted by Gasteiger charge is -2.33. The van der Waals surface area contributed by atoms with E-state index >= 15 is 0 Å². The van der Waals surface area contributed by atoms with Gasteiger partial charge in [0, 0.05) is 30.5 Å². The Balaban J connectivity index is 1.92. The Morgan fingerprint density at radius 1 is 1.05 bits per heavy atom. The van der Waals surface area contributed by atoms with Crippen LogP contribution in [0.4, 0.5) is 0 Å². The molecule has 0 bridgehead atoms. The van der Waals surface area contributed by atoms with E-state index in [2.05, 4.69) is 4.98 Å². The van der Waals surface area contributed by atoms with E-state index in [9.17, 15) is 9.36 Å². The highest BCUT2D eigenvalue weighted by Crippen LogP contribution is 2.54. The second-order valence-electron chi connectivity index (χ2n) is 9.60. The van der Waals surface area contributed by atoms with Gasteiger partial charge in [-0.05, 0) is 76.4 Å². The smallest absolute Gasteiger partial charge is 0.496 e. The molecular formula is C29H37N3O7P+. The van der Waals surface area contributed by atoms with Crippen LogP contribution in [0.25, 0.3) is 16.9 Å². The van der Waals surface area contributed by atoms with Crippen LogP contribution in [-0.2, 0) is 13.7 Å². The van der Waals surface area contributed by atoms with Crippen LogP contribution in [0.1, 0.15) is 53.4 Å². The zero-order valence-corrected chi connectivity index (χ0v) is 25.2. The number of carbonyl (C=O) groups excluding carboxylic acids is 1. The van der Waals surface area contributed by atoms with Crippen molar-refractivity contribution in [2.24, 2.45) is 0 Å². The highest BCUT2D eigenvalue weighted by molar-refractivity contribution is 7.48. The van der Waals surface area contributed by atoms with Crippen molar-refractivity contribution in [1.29, 1.82) is 0 Å². The molecule has 2 aromatic heterocycles. The number of phosphoric ester groups is 1. The van der Waals surface area contributed by atoms with E-state index in [0.29, 0.717) is 47.5 Å². The molecule has 0 amide bonds. The molecule has 0 saturated carbocycles. The zero-order valence-electron chi connectivity index (χ0n) is 24.3. The maximum atomic E-state index is 14.1. The number of rotatable bonds is 12. The van der Waals surface area contributed by atoms with Crippen molar-refractivity contribution in [3.05, 3.63) is 70.8 Å². The summed E-state index contributed by atoms with van der Waals surface area (Å²) in [6.07, 6.45) is 4.82. The minimum atomic E-state index is -4.10. The molecule has 0 fully saturated rings. The standard InChI is InChI=1S/C29H37N3O7P/c1-9-32(10-2,11-3)39-40(34,36-8)38-27-19(4)12-13-23-25(29(37-28(23)27)31-15-14-30-18-31)26(33)22-16-20(5)21(6)24(17-22)35-7/h12-18H,9-11H2,1-8H3/q+1. The van der Waals surface area contributed by atoms with Crippen molar-refractivity contribution < 1.29 is 36.8 Å². The van der Waals surface area contributed by atoms with Gasteiger partial charge in [-0.15, -0.1) is 0 Å². The Kier molecular flexibility index (Phi) is 8.56. The molecule has 2 aromatic carbocycles. The van der Waals surface area contributed by atoms with Gasteiger partial charge in [0.1, 0.15) is 31.7 Å². The van der Waals surface area contributed by atoms with Gasteiger partial charge < -0.3 is 13.7 Å². The number of carbonyl (C=O) groups is 1. The van der Waals surface area contributed by atoms with E-state index in [0.717, 1.165) is 11.1 Å². The van der Waals surface area contributed by atoms with Crippen molar-refractivity contribution >= 4 is 24.6 Å². The molecule has 0 aliphatic rings. The van der Waals surface area contributed by atoms with Crippen LogP contribution in [0.2, 0.25) is 0 Å². The lowest BCUT2D eigenvalue weighted by molar-refractivity contribution is -1.08. The van der Waals surface area contributed by atoms with Gasteiger partial charge in [0.2, 0.25) is 5.88 Å². The summed E-state index contributed by atoms with van der Waals surface area (Å²) in [5, 5.41) is 0.483. The zero-order chi connectivity index (χ0) is 29.2. The number of methoxy groups -OCH3 is 1. The molecule has 214 valence electrons. The summed E-state index contributed by atoms with van der Waals surface area (Å²) in [6, 6.07) is 7.12. The Labute approximate surface area is 234 Å². The molecule has 10 nitrogen and oxygen atoms in total. The first-order chi connectivity index (χ1) is 19.1. The van der Waals surface area contributed by atoms with Crippen LogP contribution in [0.5, 0.6) is 11.5 Å². The number of ether oxygens (including phenoxy) is 1. The number of quaternary nitrogens is 1. The Bertz CT molecular complexity index is 1560. The van der Waals surface area contributed by atoms with Gasteiger partial charge in [0.15, 0.2) is 17.1 Å². The number of hydrogen-bond donors (Lipinski definition) is 0. The number of fused-ring (bicyclic) bond motifs is 1. The molecule has 40 heavy (non-hydrogen) atoms. The van der Waals surface area contributed by atoms with Crippen molar-refractivity contribution in [3.8, 4) is 17.4 Å². The Morgan fingerprint density at radius 3 is 2.33 bits per heavy atom. The highest BCUT2D eigenvalue weighted by atomic mass is 31.2. The van der Waals surface area contributed by atoms with Gasteiger partial charge in [-0.25, -0.2) is 9.55 Å². The number of hydrogen-bond acceptors (Lipinski definition) is 8. The van der Waals surface area contributed by atoms with Crippen molar-refractivity contribution in [3.63, 3.8) is 0 Å². The minimum absolute atomic E-state index is 0.0803. The third-order valence-corrected chi connectivity index (χ3v) is 8.89. The maximum Gasteiger partial charge on any atom is 0.577 e. The van der Waals surface area contributed by atoms with Crippen LogP contribution < -0.4 is 9.26 Å². The summed E-state index contributed by atoms with van der Waals surface area (Å²) < 4.78 is 44.8. The van der Waals surface area contributed by atoms with Gasteiger partial charge >= 0.3 is 7.82 Å². The molecule has 0 aliphatic heterocycles. The summed E-state index contributed by atoms with van der Waals surface area (Å²) in [5.74, 6) is 0.757. The van der Waals surface area contributed by atoms with E-state index in [1.807, 2.05) is 40.7 Å². The van der Waals surface area contributed by atoms with Gasteiger partial charge in [-0.2, -0.15) is 4.65 Å². The molecule has 4 rings (SSSR count).